The summed E-state index contributed by atoms with van der Waals surface area (Å²) in [6.07, 6.45) is 1.55. The zero-order valence-corrected chi connectivity index (χ0v) is 11.8. The highest BCUT2D eigenvalue weighted by Crippen LogP contribution is 2.12. The van der Waals surface area contributed by atoms with Gasteiger partial charge >= 0.3 is 0 Å². The summed E-state index contributed by atoms with van der Waals surface area (Å²) in [4.78, 5) is 0. The first kappa shape index (κ1) is 15.1. The Balaban J connectivity index is 2.45. The fraction of sp³-hybridized carbons (Fsp3) is 0.538. The number of hydrogen-bond donors (Lipinski definition) is 2. The van der Waals surface area contributed by atoms with Crippen molar-refractivity contribution in [2.75, 3.05) is 19.3 Å². The van der Waals surface area contributed by atoms with E-state index in [0.717, 1.165) is 18.5 Å². The minimum Gasteiger partial charge on any atom is -0.320 e. The standard InChI is InChI=1S/C13H22N2O2S/c1-12(13-8-4-3-5-9-13)15-18(16,17)11-7-6-10-14-2/h3-5,8-9,12,14-15H,6-7,10-11H2,1-2H3. The first-order valence-corrected chi connectivity index (χ1v) is 7.90. The van der Waals surface area contributed by atoms with E-state index in [-0.39, 0.29) is 11.8 Å². The van der Waals surface area contributed by atoms with Crippen molar-refractivity contribution in [2.45, 2.75) is 25.8 Å². The Morgan fingerprint density at radius 1 is 1.17 bits per heavy atom. The Morgan fingerprint density at radius 3 is 2.44 bits per heavy atom. The zero-order chi connectivity index (χ0) is 13.4. The molecule has 0 spiro atoms. The van der Waals surface area contributed by atoms with Crippen LogP contribution in [0.2, 0.25) is 0 Å². The molecule has 1 rings (SSSR count). The SMILES string of the molecule is CNCCCCS(=O)(=O)NC(C)c1ccccc1. The fourth-order valence-corrected chi connectivity index (χ4v) is 3.11. The summed E-state index contributed by atoms with van der Waals surface area (Å²) in [6, 6.07) is 9.41. The van der Waals surface area contributed by atoms with Crippen molar-refractivity contribution in [2.24, 2.45) is 0 Å². The third kappa shape index (κ3) is 5.62. The third-order valence-electron chi connectivity index (χ3n) is 2.75. The summed E-state index contributed by atoms with van der Waals surface area (Å²) in [7, 11) is -1.32. The molecule has 1 aromatic rings. The van der Waals surface area contributed by atoms with Crippen LogP contribution in [0.4, 0.5) is 0 Å². The molecule has 0 radical (unpaired) electrons. The highest BCUT2D eigenvalue weighted by atomic mass is 32.2. The number of nitrogens with one attached hydrogen (secondary N) is 2. The largest absolute Gasteiger partial charge is 0.320 e. The van der Waals surface area contributed by atoms with Crippen LogP contribution in [0.15, 0.2) is 30.3 Å². The Hall–Kier alpha value is -0.910. The van der Waals surface area contributed by atoms with Gasteiger partial charge in [-0.15, -0.1) is 0 Å². The van der Waals surface area contributed by atoms with Crippen LogP contribution in [0.1, 0.15) is 31.4 Å². The van der Waals surface area contributed by atoms with Gasteiger partial charge in [-0.2, -0.15) is 0 Å². The van der Waals surface area contributed by atoms with Gasteiger partial charge in [-0.1, -0.05) is 30.3 Å². The third-order valence-corrected chi connectivity index (χ3v) is 4.28. The van der Waals surface area contributed by atoms with E-state index in [2.05, 4.69) is 10.0 Å². The Kier molecular flexibility index (Phi) is 6.32. The summed E-state index contributed by atoms with van der Waals surface area (Å²) < 4.78 is 26.4. The average Bonchev–Trinajstić information content (AvgIpc) is 2.35. The maximum atomic E-state index is 11.8. The van der Waals surface area contributed by atoms with Crippen molar-refractivity contribution in [3.63, 3.8) is 0 Å². The van der Waals surface area contributed by atoms with Crippen LogP contribution >= 0.6 is 0 Å². The molecule has 1 aromatic carbocycles. The molecule has 0 saturated heterocycles. The second-order valence-electron chi connectivity index (χ2n) is 4.38. The van der Waals surface area contributed by atoms with Crippen molar-refractivity contribution >= 4 is 10.0 Å². The van der Waals surface area contributed by atoms with E-state index in [0.29, 0.717) is 6.42 Å². The molecular weight excluding hydrogens is 248 g/mol. The maximum Gasteiger partial charge on any atom is 0.212 e. The lowest BCUT2D eigenvalue weighted by Gasteiger charge is -2.14. The normalized spacial score (nSPS) is 13.4. The average molecular weight is 270 g/mol. The number of hydrogen-bond acceptors (Lipinski definition) is 3. The summed E-state index contributed by atoms with van der Waals surface area (Å²) in [5.41, 5.74) is 0.983. The molecule has 1 unspecified atom stereocenters. The maximum absolute atomic E-state index is 11.8. The lowest BCUT2D eigenvalue weighted by Crippen LogP contribution is -2.29. The lowest BCUT2D eigenvalue weighted by atomic mass is 10.1. The zero-order valence-electron chi connectivity index (χ0n) is 11.0. The molecule has 5 heteroatoms. The van der Waals surface area contributed by atoms with Crippen molar-refractivity contribution < 1.29 is 8.42 Å². The number of rotatable bonds is 8. The van der Waals surface area contributed by atoms with Crippen LogP contribution in [0.3, 0.4) is 0 Å². The molecule has 0 amide bonds. The highest BCUT2D eigenvalue weighted by molar-refractivity contribution is 7.89. The van der Waals surface area contributed by atoms with E-state index in [1.165, 1.54) is 0 Å². The smallest absolute Gasteiger partial charge is 0.212 e. The second-order valence-corrected chi connectivity index (χ2v) is 6.25. The van der Waals surface area contributed by atoms with Crippen molar-refractivity contribution in [1.29, 1.82) is 0 Å². The number of unbranched alkanes of at least 4 members (excludes halogenated alkanes) is 1. The molecule has 102 valence electrons. The van der Waals surface area contributed by atoms with Crippen molar-refractivity contribution in [3.05, 3.63) is 35.9 Å². The molecule has 0 heterocycles. The first-order valence-electron chi connectivity index (χ1n) is 6.25. The molecule has 0 bridgehead atoms. The minimum atomic E-state index is -3.19. The van der Waals surface area contributed by atoms with Crippen LogP contribution in [0.5, 0.6) is 0 Å². The molecule has 0 saturated carbocycles. The molecular formula is C13H22N2O2S. The second kappa shape index (κ2) is 7.51. The van der Waals surface area contributed by atoms with Gasteiger partial charge in [0.15, 0.2) is 0 Å². The molecule has 0 aromatic heterocycles. The molecule has 2 N–H and O–H groups in total. The summed E-state index contributed by atoms with van der Waals surface area (Å²) >= 11 is 0. The van der Waals surface area contributed by atoms with Crippen LogP contribution in [0.25, 0.3) is 0 Å². The molecule has 0 fully saturated rings. The Labute approximate surface area is 110 Å². The van der Waals surface area contributed by atoms with E-state index in [1.54, 1.807) is 0 Å². The summed E-state index contributed by atoms with van der Waals surface area (Å²) in [6.45, 7) is 2.71. The van der Waals surface area contributed by atoms with Gasteiger partial charge in [-0.3, -0.25) is 0 Å². The minimum absolute atomic E-state index is 0.180. The molecule has 4 nitrogen and oxygen atoms in total. The van der Waals surface area contributed by atoms with Gasteiger partial charge in [0.2, 0.25) is 10.0 Å². The van der Waals surface area contributed by atoms with Gasteiger partial charge in [-0.25, -0.2) is 13.1 Å². The van der Waals surface area contributed by atoms with Crippen molar-refractivity contribution in [3.8, 4) is 0 Å². The highest BCUT2D eigenvalue weighted by Gasteiger charge is 2.14. The van der Waals surface area contributed by atoms with Crippen LogP contribution in [-0.2, 0) is 10.0 Å². The van der Waals surface area contributed by atoms with E-state index in [4.69, 9.17) is 0 Å². The van der Waals surface area contributed by atoms with Gasteiger partial charge in [-0.05, 0) is 38.9 Å². The van der Waals surface area contributed by atoms with Gasteiger partial charge in [0, 0.05) is 6.04 Å². The molecule has 0 aliphatic rings. The van der Waals surface area contributed by atoms with Gasteiger partial charge in [0.1, 0.15) is 0 Å². The quantitative estimate of drug-likeness (QED) is 0.706. The van der Waals surface area contributed by atoms with Gasteiger partial charge < -0.3 is 5.32 Å². The molecule has 18 heavy (non-hydrogen) atoms. The predicted octanol–water partition coefficient (Wildman–Crippen LogP) is 1.67. The van der Waals surface area contributed by atoms with E-state index < -0.39 is 10.0 Å². The number of sulfonamides is 1. The fourth-order valence-electron chi connectivity index (χ4n) is 1.73. The summed E-state index contributed by atoms with van der Waals surface area (Å²) in [5, 5.41) is 3.01. The molecule has 1 atom stereocenters. The van der Waals surface area contributed by atoms with Crippen LogP contribution in [0, 0.1) is 0 Å². The van der Waals surface area contributed by atoms with E-state index >= 15 is 0 Å². The molecule has 0 aliphatic carbocycles. The van der Waals surface area contributed by atoms with Gasteiger partial charge in [0.25, 0.3) is 0 Å². The van der Waals surface area contributed by atoms with Crippen LogP contribution in [-0.4, -0.2) is 27.8 Å². The molecule has 0 aliphatic heterocycles. The summed E-state index contributed by atoms with van der Waals surface area (Å²) in [5.74, 6) is 0.186. The Bertz CT molecular complexity index is 432. The van der Waals surface area contributed by atoms with E-state index in [1.807, 2.05) is 44.3 Å². The van der Waals surface area contributed by atoms with Crippen LogP contribution < -0.4 is 10.0 Å². The Morgan fingerprint density at radius 2 is 1.83 bits per heavy atom. The van der Waals surface area contributed by atoms with Crippen molar-refractivity contribution in [1.82, 2.24) is 10.0 Å². The predicted molar refractivity (Wildman–Crippen MR) is 74.9 cm³/mol. The lowest BCUT2D eigenvalue weighted by molar-refractivity contribution is 0.562. The van der Waals surface area contributed by atoms with E-state index in [9.17, 15) is 8.42 Å². The first-order chi connectivity index (χ1) is 8.55. The van der Waals surface area contributed by atoms with Gasteiger partial charge in [0.05, 0.1) is 5.75 Å². The monoisotopic (exact) mass is 270 g/mol. The topological polar surface area (TPSA) is 58.2 Å². The number of benzene rings is 1.